The molecule has 0 aromatic heterocycles. The van der Waals surface area contributed by atoms with Crippen molar-refractivity contribution >= 4 is 21.9 Å². The third-order valence-corrected chi connectivity index (χ3v) is 4.13. The molecule has 0 spiro atoms. The zero-order chi connectivity index (χ0) is 13.8. The van der Waals surface area contributed by atoms with Gasteiger partial charge < -0.3 is 9.64 Å². The number of esters is 1. The van der Waals surface area contributed by atoms with Crippen molar-refractivity contribution in [1.29, 1.82) is 0 Å². The highest BCUT2D eigenvalue weighted by atomic mass is 32.2. The predicted molar refractivity (Wildman–Crippen MR) is 64.2 cm³/mol. The molecule has 0 aromatic rings. The van der Waals surface area contributed by atoms with Crippen LogP contribution in [-0.4, -0.2) is 69.0 Å². The van der Waals surface area contributed by atoms with Gasteiger partial charge in [-0.15, -0.1) is 0 Å². The molecule has 0 saturated carbocycles. The fourth-order valence-electron chi connectivity index (χ4n) is 1.74. The van der Waals surface area contributed by atoms with Gasteiger partial charge in [0.05, 0.1) is 19.8 Å². The highest BCUT2D eigenvalue weighted by Crippen LogP contribution is 2.08. The van der Waals surface area contributed by atoms with Gasteiger partial charge in [0.25, 0.3) is 0 Å². The second kappa shape index (κ2) is 6.14. The molecule has 18 heavy (non-hydrogen) atoms. The molecule has 0 unspecified atom stereocenters. The first-order chi connectivity index (χ1) is 8.34. The van der Waals surface area contributed by atoms with Gasteiger partial charge in [-0.2, -0.15) is 4.31 Å². The van der Waals surface area contributed by atoms with Crippen LogP contribution in [0.3, 0.4) is 0 Å². The monoisotopic (exact) mass is 278 g/mol. The summed E-state index contributed by atoms with van der Waals surface area (Å²) in [5.74, 6) is -0.563. The number of hydrogen-bond acceptors (Lipinski definition) is 5. The average molecular weight is 278 g/mol. The largest absolute Gasteiger partial charge is 0.469 e. The molecule has 8 heteroatoms. The summed E-state index contributed by atoms with van der Waals surface area (Å²) in [5.41, 5.74) is 0. The van der Waals surface area contributed by atoms with Crippen LogP contribution in [0.15, 0.2) is 0 Å². The van der Waals surface area contributed by atoms with Crippen molar-refractivity contribution in [3.63, 3.8) is 0 Å². The number of methoxy groups -OCH3 is 1. The highest BCUT2D eigenvalue weighted by molar-refractivity contribution is 7.88. The van der Waals surface area contributed by atoms with E-state index < -0.39 is 16.0 Å². The van der Waals surface area contributed by atoms with E-state index in [0.29, 0.717) is 26.2 Å². The van der Waals surface area contributed by atoms with Crippen molar-refractivity contribution in [1.82, 2.24) is 9.21 Å². The summed E-state index contributed by atoms with van der Waals surface area (Å²) in [4.78, 5) is 24.2. The van der Waals surface area contributed by atoms with Crippen molar-refractivity contribution in [2.24, 2.45) is 0 Å². The molecule has 1 saturated heterocycles. The molecular formula is C10H18N2O5S. The number of carbonyl (C=O) groups excluding carboxylic acids is 2. The number of nitrogens with zero attached hydrogens (tertiary/aromatic N) is 2. The Kier molecular flexibility index (Phi) is 5.09. The first kappa shape index (κ1) is 14.9. The molecule has 1 rings (SSSR count). The van der Waals surface area contributed by atoms with Crippen molar-refractivity contribution in [3.8, 4) is 0 Å². The summed E-state index contributed by atoms with van der Waals surface area (Å²) >= 11 is 0. The maximum atomic E-state index is 11.7. The van der Waals surface area contributed by atoms with E-state index >= 15 is 0 Å². The summed E-state index contributed by atoms with van der Waals surface area (Å²) in [6.45, 7) is 1.35. The zero-order valence-electron chi connectivity index (χ0n) is 10.6. The zero-order valence-corrected chi connectivity index (χ0v) is 11.4. The van der Waals surface area contributed by atoms with Crippen molar-refractivity contribution < 1.29 is 22.7 Å². The Hall–Kier alpha value is -1.15. The minimum atomic E-state index is -3.18. The lowest BCUT2D eigenvalue weighted by atomic mass is 10.2. The summed E-state index contributed by atoms with van der Waals surface area (Å²) in [6, 6.07) is 0. The van der Waals surface area contributed by atoms with Crippen LogP contribution in [0.5, 0.6) is 0 Å². The molecular weight excluding hydrogens is 260 g/mol. The number of sulfonamides is 1. The van der Waals surface area contributed by atoms with Crippen LogP contribution in [0.1, 0.15) is 12.8 Å². The Bertz CT molecular complexity index is 412. The molecule has 1 amide bonds. The SMILES string of the molecule is COC(=O)CCC(=O)N1CCN(S(C)(=O)=O)CC1. The Balaban J connectivity index is 2.39. The van der Waals surface area contributed by atoms with Gasteiger partial charge in [0.2, 0.25) is 15.9 Å². The van der Waals surface area contributed by atoms with E-state index in [1.807, 2.05) is 0 Å². The molecule has 1 fully saturated rings. The standard InChI is InChI=1S/C10H18N2O5S/c1-17-10(14)4-3-9(13)11-5-7-12(8-6-11)18(2,15)16/h3-8H2,1-2H3. The van der Waals surface area contributed by atoms with Gasteiger partial charge in [-0.05, 0) is 0 Å². The van der Waals surface area contributed by atoms with Gasteiger partial charge in [-0.3, -0.25) is 9.59 Å². The van der Waals surface area contributed by atoms with E-state index in [9.17, 15) is 18.0 Å². The number of hydrogen-bond donors (Lipinski definition) is 0. The highest BCUT2D eigenvalue weighted by Gasteiger charge is 2.25. The second-order valence-corrected chi connectivity index (χ2v) is 6.10. The van der Waals surface area contributed by atoms with Gasteiger partial charge in [-0.25, -0.2) is 8.42 Å². The fraction of sp³-hybridized carbons (Fsp3) is 0.800. The smallest absolute Gasteiger partial charge is 0.306 e. The molecule has 7 nitrogen and oxygen atoms in total. The number of piperazine rings is 1. The Morgan fingerprint density at radius 1 is 1.11 bits per heavy atom. The van der Waals surface area contributed by atoms with Crippen molar-refractivity contribution in [3.05, 3.63) is 0 Å². The van der Waals surface area contributed by atoms with E-state index in [2.05, 4.69) is 4.74 Å². The lowest BCUT2D eigenvalue weighted by Crippen LogP contribution is -2.50. The summed E-state index contributed by atoms with van der Waals surface area (Å²) < 4.78 is 28.4. The number of ether oxygens (including phenoxy) is 1. The van der Waals surface area contributed by atoms with Gasteiger partial charge >= 0.3 is 5.97 Å². The molecule has 0 radical (unpaired) electrons. The lowest BCUT2D eigenvalue weighted by Gasteiger charge is -2.33. The Morgan fingerprint density at radius 2 is 1.67 bits per heavy atom. The lowest BCUT2D eigenvalue weighted by molar-refractivity contribution is -0.143. The summed E-state index contributed by atoms with van der Waals surface area (Å²) in [6.07, 6.45) is 1.31. The normalized spacial score (nSPS) is 17.6. The molecule has 1 aliphatic rings. The third kappa shape index (κ3) is 4.26. The first-order valence-corrected chi connectivity index (χ1v) is 7.49. The average Bonchev–Trinajstić information content (AvgIpc) is 2.34. The van der Waals surface area contributed by atoms with Crippen LogP contribution in [0, 0.1) is 0 Å². The van der Waals surface area contributed by atoms with Crippen LogP contribution in [0.4, 0.5) is 0 Å². The van der Waals surface area contributed by atoms with Gasteiger partial charge in [-0.1, -0.05) is 0 Å². The summed E-state index contributed by atoms with van der Waals surface area (Å²) in [5, 5.41) is 0. The van der Waals surface area contributed by atoms with Gasteiger partial charge in [0, 0.05) is 32.6 Å². The Morgan fingerprint density at radius 3 is 2.11 bits per heavy atom. The van der Waals surface area contributed by atoms with Crippen LogP contribution in [0.2, 0.25) is 0 Å². The van der Waals surface area contributed by atoms with Crippen LogP contribution < -0.4 is 0 Å². The Labute approximate surface area is 107 Å². The number of amides is 1. The minimum absolute atomic E-state index is 0.0572. The number of carbonyl (C=O) groups is 2. The van der Waals surface area contributed by atoms with E-state index in [-0.39, 0.29) is 18.7 Å². The van der Waals surface area contributed by atoms with Crippen LogP contribution >= 0.6 is 0 Å². The molecule has 0 aliphatic carbocycles. The van der Waals surface area contributed by atoms with Crippen molar-refractivity contribution in [2.75, 3.05) is 39.5 Å². The van der Waals surface area contributed by atoms with E-state index in [0.717, 1.165) is 6.26 Å². The van der Waals surface area contributed by atoms with Gasteiger partial charge in [0.1, 0.15) is 0 Å². The minimum Gasteiger partial charge on any atom is -0.469 e. The van der Waals surface area contributed by atoms with Gasteiger partial charge in [0.15, 0.2) is 0 Å². The van der Waals surface area contributed by atoms with E-state index in [4.69, 9.17) is 0 Å². The molecule has 104 valence electrons. The number of rotatable bonds is 4. The second-order valence-electron chi connectivity index (χ2n) is 4.12. The predicted octanol–water partition coefficient (Wildman–Crippen LogP) is -0.957. The fourth-order valence-corrected chi connectivity index (χ4v) is 2.56. The van der Waals surface area contributed by atoms with E-state index in [1.54, 1.807) is 4.90 Å². The first-order valence-electron chi connectivity index (χ1n) is 5.64. The topological polar surface area (TPSA) is 84.0 Å². The maximum absolute atomic E-state index is 11.7. The van der Waals surface area contributed by atoms with Crippen LogP contribution in [0.25, 0.3) is 0 Å². The molecule has 0 N–H and O–H groups in total. The molecule has 0 aromatic carbocycles. The molecule has 0 atom stereocenters. The maximum Gasteiger partial charge on any atom is 0.306 e. The van der Waals surface area contributed by atoms with Crippen molar-refractivity contribution in [2.45, 2.75) is 12.8 Å². The molecule has 0 bridgehead atoms. The van der Waals surface area contributed by atoms with Crippen LogP contribution in [-0.2, 0) is 24.3 Å². The third-order valence-electron chi connectivity index (χ3n) is 2.83. The quantitative estimate of drug-likeness (QED) is 0.619. The molecule has 1 aliphatic heterocycles. The summed E-state index contributed by atoms with van der Waals surface area (Å²) in [7, 11) is -1.91. The molecule has 1 heterocycles. The van der Waals surface area contributed by atoms with E-state index in [1.165, 1.54) is 11.4 Å².